The maximum atomic E-state index is 13.2. The fraction of sp³-hybridized carbons (Fsp3) is 0.300. The van der Waals surface area contributed by atoms with E-state index in [2.05, 4.69) is 15.1 Å². The van der Waals surface area contributed by atoms with Crippen molar-refractivity contribution in [3.05, 3.63) is 64.4 Å². The van der Waals surface area contributed by atoms with Crippen molar-refractivity contribution in [1.82, 2.24) is 9.80 Å². The topological polar surface area (TPSA) is 35.6 Å². The Balaban J connectivity index is 1.53. The van der Waals surface area contributed by atoms with E-state index >= 15 is 0 Å². The average molecular weight is 406 g/mol. The maximum Gasteiger partial charge on any atom is 0.173 e. The van der Waals surface area contributed by atoms with Gasteiger partial charge in [0.15, 0.2) is 10.9 Å². The number of hydrogen-bond acceptors (Lipinski definition) is 3. The molecule has 0 bridgehead atoms. The zero-order chi connectivity index (χ0) is 19.4. The first-order valence-electron chi connectivity index (χ1n) is 8.75. The number of benzene rings is 2. The summed E-state index contributed by atoms with van der Waals surface area (Å²) in [5, 5.41) is 4.32. The highest BCUT2D eigenvalue weighted by Crippen LogP contribution is 2.20. The average Bonchev–Trinajstić information content (AvgIpc) is 2.65. The van der Waals surface area contributed by atoms with Crippen LogP contribution in [0.2, 0.25) is 5.02 Å². The van der Waals surface area contributed by atoms with Crippen molar-refractivity contribution >= 4 is 40.4 Å². The minimum atomic E-state index is -0.321. The van der Waals surface area contributed by atoms with Gasteiger partial charge in [-0.1, -0.05) is 29.8 Å². The fourth-order valence-electron chi connectivity index (χ4n) is 3.02. The summed E-state index contributed by atoms with van der Waals surface area (Å²) in [6, 6.07) is 11.8. The lowest BCUT2D eigenvalue weighted by Gasteiger charge is -2.36. The lowest BCUT2D eigenvalue weighted by molar-refractivity contribution is 0.101. The Morgan fingerprint density at radius 2 is 1.93 bits per heavy atom. The van der Waals surface area contributed by atoms with Gasteiger partial charge in [0, 0.05) is 49.0 Å². The quantitative estimate of drug-likeness (QED) is 0.609. The first kappa shape index (κ1) is 19.7. The van der Waals surface area contributed by atoms with Gasteiger partial charge in [-0.2, -0.15) is 0 Å². The van der Waals surface area contributed by atoms with Crippen LogP contribution in [0.4, 0.5) is 10.1 Å². The van der Waals surface area contributed by atoms with E-state index < -0.39 is 0 Å². The molecular formula is C20H21ClFN3OS. The van der Waals surface area contributed by atoms with E-state index in [4.69, 9.17) is 23.8 Å². The maximum absolute atomic E-state index is 13.2. The molecule has 0 amide bonds. The van der Waals surface area contributed by atoms with Crippen LogP contribution in [-0.2, 0) is 6.54 Å². The number of ketones is 1. The van der Waals surface area contributed by atoms with Gasteiger partial charge in [-0.15, -0.1) is 0 Å². The van der Waals surface area contributed by atoms with E-state index in [0.717, 1.165) is 37.4 Å². The number of carbonyl (C=O) groups excluding carboxylic acids is 1. The molecule has 1 N–H and O–H groups in total. The van der Waals surface area contributed by atoms with Gasteiger partial charge < -0.3 is 10.2 Å². The van der Waals surface area contributed by atoms with Gasteiger partial charge >= 0.3 is 0 Å². The Labute approximate surface area is 168 Å². The Morgan fingerprint density at radius 1 is 1.19 bits per heavy atom. The van der Waals surface area contributed by atoms with Crippen molar-refractivity contribution in [2.45, 2.75) is 13.5 Å². The van der Waals surface area contributed by atoms with Crippen molar-refractivity contribution in [1.29, 1.82) is 0 Å². The Bertz CT molecular complexity index is 853. The van der Waals surface area contributed by atoms with Crippen LogP contribution < -0.4 is 5.32 Å². The number of nitrogens with one attached hydrogen (secondary N) is 1. The van der Waals surface area contributed by atoms with Gasteiger partial charge in [-0.3, -0.25) is 9.69 Å². The molecule has 3 rings (SSSR count). The van der Waals surface area contributed by atoms with Crippen molar-refractivity contribution in [3.8, 4) is 0 Å². The van der Waals surface area contributed by atoms with Gasteiger partial charge in [0.25, 0.3) is 0 Å². The van der Waals surface area contributed by atoms with E-state index in [9.17, 15) is 9.18 Å². The molecule has 1 aliphatic rings. The third-order valence-corrected chi connectivity index (χ3v) is 5.30. The summed E-state index contributed by atoms with van der Waals surface area (Å²) < 4.78 is 13.2. The van der Waals surface area contributed by atoms with Crippen LogP contribution in [-0.4, -0.2) is 46.9 Å². The van der Waals surface area contributed by atoms with E-state index in [0.29, 0.717) is 22.2 Å². The van der Waals surface area contributed by atoms with Crippen LogP contribution >= 0.6 is 23.8 Å². The number of rotatable bonds is 4. The third-order valence-electron chi connectivity index (χ3n) is 4.59. The summed E-state index contributed by atoms with van der Waals surface area (Å²) in [6.07, 6.45) is 0. The molecule has 2 aromatic carbocycles. The molecule has 1 fully saturated rings. The summed E-state index contributed by atoms with van der Waals surface area (Å²) in [4.78, 5) is 15.9. The first-order chi connectivity index (χ1) is 12.9. The van der Waals surface area contributed by atoms with E-state index in [1.54, 1.807) is 25.1 Å². The molecule has 2 aromatic rings. The molecule has 0 unspecified atom stereocenters. The molecule has 0 aromatic heterocycles. The Hall–Kier alpha value is -2.02. The highest BCUT2D eigenvalue weighted by Gasteiger charge is 2.20. The molecule has 142 valence electrons. The zero-order valence-electron chi connectivity index (χ0n) is 15.0. The molecule has 0 saturated carbocycles. The number of nitrogens with zero attached hydrogens (tertiary/aromatic N) is 2. The summed E-state index contributed by atoms with van der Waals surface area (Å²) in [5.74, 6) is -0.295. The van der Waals surface area contributed by atoms with Crippen LogP contribution in [0.3, 0.4) is 0 Å². The number of anilines is 1. The Morgan fingerprint density at radius 3 is 2.59 bits per heavy atom. The molecule has 1 heterocycles. The SMILES string of the molecule is CC(=O)c1cccc(NC(=S)N2CCN(Cc3ccc(F)cc3Cl)CC2)c1. The smallest absolute Gasteiger partial charge is 0.173 e. The second-order valence-corrected chi connectivity index (χ2v) is 7.36. The number of halogens is 2. The second-order valence-electron chi connectivity index (χ2n) is 6.57. The molecule has 0 spiro atoms. The number of carbonyl (C=O) groups is 1. The Kier molecular flexibility index (Phi) is 6.42. The van der Waals surface area contributed by atoms with E-state index in [1.165, 1.54) is 12.1 Å². The zero-order valence-corrected chi connectivity index (χ0v) is 16.6. The van der Waals surface area contributed by atoms with Crippen LogP contribution in [0.5, 0.6) is 0 Å². The first-order valence-corrected chi connectivity index (χ1v) is 9.54. The summed E-state index contributed by atoms with van der Waals surface area (Å²) >= 11 is 11.6. The monoisotopic (exact) mass is 405 g/mol. The van der Waals surface area contributed by atoms with Gasteiger partial charge in [0.1, 0.15) is 5.82 Å². The van der Waals surface area contributed by atoms with Crippen LogP contribution in [0.15, 0.2) is 42.5 Å². The minimum absolute atomic E-state index is 0.0256. The molecule has 7 heteroatoms. The van der Waals surface area contributed by atoms with Crippen LogP contribution in [0.1, 0.15) is 22.8 Å². The van der Waals surface area contributed by atoms with Gasteiger partial charge in [0.2, 0.25) is 0 Å². The van der Waals surface area contributed by atoms with Crippen molar-refractivity contribution in [2.75, 3.05) is 31.5 Å². The number of Topliss-reactive ketones (excluding diaryl/α,β-unsaturated/α-hetero) is 1. The van der Waals surface area contributed by atoms with Crippen molar-refractivity contribution < 1.29 is 9.18 Å². The normalized spacial score (nSPS) is 14.9. The number of thiocarbonyl (C=S) groups is 1. The molecule has 27 heavy (non-hydrogen) atoms. The molecule has 4 nitrogen and oxygen atoms in total. The van der Waals surface area contributed by atoms with Crippen LogP contribution in [0.25, 0.3) is 0 Å². The molecule has 0 atom stereocenters. The van der Waals surface area contributed by atoms with Gasteiger partial charge in [-0.05, 0) is 49.0 Å². The standard InChI is InChI=1S/C20H21ClFN3OS/c1-14(26)15-3-2-4-18(11-15)23-20(27)25-9-7-24(8-10-25)13-16-5-6-17(22)12-19(16)21/h2-6,11-12H,7-10,13H2,1H3,(H,23,27). The second kappa shape index (κ2) is 8.78. The highest BCUT2D eigenvalue weighted by atomic mass is 35.5. The van der Waals surface area contributed by atoms with Gasteiger partial charge in [0.05, 0.1) is 0 Å². The highest BCUT2D eigenvalue weighted by molar-refractivity contribution is 7.80. The summed E-state index contributed by atoms with van der Waals surface area (Å²) in [6.45, 7) is 5.48. The van der Waals surface area contributed by atoms with Crippen LogP contribution in [0, 0.1) is 5.82 Å². The fourth-order valence-corrected chi connectivity index (χ4v) is 3.55. The molecule has 1 aliphatic heterocycles. The van der Waals surface area contributed by atoms with Crippen molar-refractivity contribution in [2.24, 2.45) is 0 Å². The lowest BCUT2D eigenvalue weighted by atomic mass is 10.1. The molecule has 0 aliphatic carbocycles. The van der Waals surface area contributed by atoms with E-state index in [-0.39, 0.29) is 11.6 Å². The summed E-state index contributed by atoms with van der Waals surface area (Å²) in [5.41, 5.74) is 2.39. The number of hydrogen-bond donors (Lipinski definition) is 1. The predicted molar refractivity (Wildman–Crippen MR) is 111 cm³/mol. The third kappa shape index (κ3) is 5.25. The van der Waals surface area contributed by atoms with Gasteiger partial charge in [-0.25, -0.2) is 4.39 Å². The summed E-state index contributed by atoms with van der Waals surface area (Å²) in [7, 11) is 0. The van der Waals surface area contributed by atoms with Crippen molar-refractivity contribution in [3.63, 3.8) is 0 Å². The van der Waals surface area contributed by atoms with E-state index in [1.807, 2.05) is 12.1 Å². The molecule has 0 radical (unpaired) electrons. The lowest BCUT2D eigenvalue weighted by Crippen LogP contribution is -2.49. The predicted octanol–water partition coefficient (Wildman–Crippen LogP) is 4.20. The minimum Gasteiger partial charge on any atom is -0.346 e. The molecule has 1 saturated heterocycles. The number of piperazine rings is 1. The largest absolute Gasteiger partial charge is 0.346 e. The molecular weight excluding hydrogens is 385 g/mol.